The lowest BCUT2D eigenvalue weighted by atomic mass is 9.94. The van der Waals surface area contributed by atoms with E-state index in [-0.39, 0.29) is 24.0 Å². The highest BCUT2D eigenvalue weighted by Gasteiger charge is 2.17. The summed E-state index contributed by atoms with van der Waals surface area (Å²) in [7, 11) is 0. The third-order valence-corrected chi connectivity index (χ3v) is 5.02. The third kappa shape index (κ3) is 8.86. The van der Waals surface area contributed by atoms with Crippen LogP contribution < -0.4 is 10.6 Å². The topological polar surface area (TPSA) is 52.6 Å². The predicted octanol–water partition coefficient (Wildman–Crippen LogP) is 3.57. The normalized spacial score (nSPS) is 16.2. The number of nitrogens with zero attached hydrogens (tertiary/aromatic N) is 3. The molecular formula is C19H33ClIN5. The molecule has 26 heavy (non-hydrogen) atoms. The van der Waals surface area contributed by atoms with E-state index in [9.17, 15) is 0 Å². The molecule has 2 heterocycles. The molecule has 1 aromatic heterocycles. The number of hydrogen-bond donors (Lipinski definition) is 2. The first-order valence-corrected chi connectivity index (χ1v) is 9.94. The van der Waals surface area contributed by atoms with Crippen LogP contribution in [0, 0.1) is 5.92 Å². The molecule has 7 heteroatoms. The summed E-state index contributed by atoms with van der Waals surface area (Å²) < 4.78 is 0. The second-order valence-electron chi connectivity index (χ2n) is 6.59. The van der Waals surface area contributed by atoms with Gasteiger partial charge in [-0.3, -0.25) is 4.99 Å². The van der Waals surface area contributed by atoms with E-state index in [4.69, 9.17) is 16.6 Å². The van der Waals surface area contributed by atoms with Crippen molar-refractivity contribution < 1.29 is 0 Å². The summed E-state index contributed by atoms with van der Waals surface area (Å²) in [5.74, 6) is 1.74. The highest BCUT2D eigenvalue weighted by molar-refractivity contribution is 14.0. The Labute approximate surface area is 180 Å². The van der Waals surface area contributed by atoms with Crippen molar-refractivity contribution in [3.8, 4) is 0 Å². The van der Waals surface area contributed by atoms with Crippen molar-refractivity contribution in [2.45, 2.75) is 39.5 Å². The van der Waals surface area contributed by atoms with Gasteiger partial charge in [-0.15, -0.1) is 24.0 Å². The Morgan fingerprint density at radius 1 is 1.27 bits per heavy atom. The molecule has 0 radical (unpaired) electrons. The third-order valence-electron chi connectivity index (χ3n) is 4.80. The number of piperidine rings is 1. The van der Waals surface area contributed by atoms with Gasteiger partial charge in [0.2, 0.25) is 0 Å². The van der Waals surface area contributed by atoms with Gasteiger partial charge in [0, 0.05) is 25.8 Å². The molecule has 1 aliphatic heterocycles. The van der Waals surface area contributed by atoms with Crippen LogP contribution in [0.3, 0.4) is 0 Å². The largest absolute Gasteiger partial charge is 0.357 e. The van der Waals surface area contributed by atoms with E-state index >= 15 is 0 Å². The number of aromatic nitrogens is 1. The van der Waals surface area contributed by atoms with Gasteiger partial charge < -0.3 is 15.5 Å². The van der Waals surface area contributed by atoms with E-state index in [1.165, 1.54) is 44.5 Å². The molecular weight excluding hydrogens is 461 g/mol. The van der Waals surface area contributed by atoms with Crippen LogP contribution in [0.4, 0.5) is 0 Å². The second kappa shape index (κ2) is 13.6. The standard InChI is InChI=1S/C19H32ClN5.HI/c1-3-21-19(23-12-8-17-5-6-18(20)24-15-17)22-11-7-16-9-13-25(4-2)14-10-16;/h5-6,15-16H,3-4,7-14H2,1-2H3,(H2,21,22,23);1H. The van der Waals surface area contributed by atoms with Crippen LogP contribution in [-0.4, -0.2) is 55.1 Å². The van der Waals surface area contributed by atoms with Crippen molar-refractivity contribution in [2.75, 3.05) is 39.3 Å². The van der Waals surface area contributed by atoms with Crippen molar-refractivity contribution in [1.82, 2.24) is 20.5 Å². The SMILES string of the molecule is CCNC(=NCCC1CCN(CC)CC1)NCCc1ccc(Cl)nc1.I. The highest BCUT2D eigenvalue weighted by Crippen LogP contribution is 2.20. The van der Waals surface area contributed by atoms with Gasteiger partial charge in [-0.2, -0.15) is 0 Å². The fourth-order valence-electron chi connectivity index (χ4n) is 3.17. The van der Waals surface area contributed by atoms with Crippen LogP contribution in [0.5, 0.6) is 0 Å². The Morgan fingerprint density at radius 2 is 2.04 bits per heavy atom. The molecule has 1 saturated heterocycles. The lowest BCUT2D eigenvalue weighted by Gasteiger charge is -2.30. The van der Waals surface area contributed by atoms with Gasteiger partial charge in [0.1, 0.15) is 5.15 Å². The van der Waals surface area contributed by atoms with E-state index in [0.29, 0.717) is 5.15 Å². The summed E-state index contributed by atoms with van der Waals surface area (Å²) in [6.07, 6.45) is 6.56. The fourth-order valence-corrected chi connectivity index (χ4v) is 3.28. The smallest absolute Gasteiger partial charge is 0.191 e. The summed E-state index contributed by atoms with van der Waals surface area (Å²) in [6, 6.07) is 3.85. The Balaban J connectivity index is 0.00000338. The van der Waals surface area contributed by atoms with Crippen LogP contribution in [0.25, 0.3) is 0 Å². The van der Waals surface area contributed by atoms with Gasteiger partial charge >= 0.3 is 0 Å². The predicted molar refractivity (Wildman–Crippen MR) is 122 cm³/mol. The molecule has 0 amide bonds. The number of likely N-dealkylation sites (tertiary alicyclic amines) is 1. The zero-order valence-corrected chi connectivity index (χ0v) is 19.1. The van der Waals surface area contributed by atoms with Crippen molar-refractivity contribution >= 4 is 41.5 Å². The number of halogens is 2. The zero-order valence-electron chi connectivity index (χ0n) is 16.0. The minimum absolute atomic E-state index is 0. The molecule has 2 N–H and O–H groups in total. The summed E-state index contributed by atoms with van der Waals surface area (Å²) in [6.45, 7) is 10.6. The van der Waals surface area contributed by atoms with Crippen LogP contribution in [0.2, 0.25) is 5.15 Å². The molecule has 148 valence electrons. The first-order valence-electron chi connectivity index (χ1n) is 9.56. The first-order chi connectivity index (χ1) is 12.2. The molecule has 0 aromatic carbocycles. The van der Waals surface area contributed by atoms with Gasteiger partial charge in [-0.25, -0.2) is 4.98 Å². The van der Waals surface area contributed by atoms with Crippen molar-refractivity contribution in [1.29, 1.82) is 0 Å². The average Bonchev–Trinajstić information content (AvgIpc) is 2.64. The maximum Gasteiger partial charge on any atom is 0.191 e. The van der Waals surface area contributed by atoms with Gasteiger partial charge in [0.05, 0.1) is 0 Å². The molecule has 0 aliphatic carbocycles. The number of guanidine groups is 1. The molecule has 5 nitrogen and oxygen atoms in total. The number of rotatable bonds is 8. The Morgan fingerprint density at radius 3 is 2.65 bits per heavy atom. The molecule has 0 bridgehead atoms. The molecule has 0 unspecified atom stereocenters. The van der Waals surface area contributed by atoms with E-state index in [1.54, 1.807) is 0 Å². The van der Waals surface area contributed by atoms with E-state index in [0.717, 1.165) is 37.9 Å². The van der Waals surface area contributed by atoms with E-state index < -0.39 is 0 Å². The molecule has 1 fully saturated rings. The minimum atomic E-state index is 0. The summed E-state index contributed by atoms with van der Waals surface area (Å²) in [5, 5.41) is 7.27. The van der Waals surface area contributed by atoms with Gasteiger partial charge in [-0.1, -0.05) is 24.6 Å². The number of hydrogen-bond acceptors (Lipinski definition) is 3. The lowest BCUT2D eigenvalue weighted by Crippen LogP contribution is -2.38. The van der Waals surface area contributed by atoms with Crippen LogP contribution in [0.1, 0.15) is 38.7 Å². The second-order valence-corrected chi connectivity index (χ2v) is 6.98. The quantitative estimate of drug-likeness (QED) is 0.252. The van der Waals surface area contributed by atoms with E-state index in [2.05, 4.69) is 34.4 Å². The Hall–Kier alpha value is -0.600. The van der Waals surface area contributed by atoms with Crippen molar-refractivity contribution in [3.63, 3.8) is 0 Å². The molecule has 2 rings (SSSR count). The van der Waals surface area contributed by atoms with Gasteiger partial charge in [0.15, 0.2) is 5.96 Å². The van der Waals surface area contributed by atoms with Gasteiger partial charge in [-0.05, 0) is 69.8 Å². The van der Waals surface area contributed by atoms with Crippen molar-refractivity contribution in [2.24, 2.45) is 10.9 Å². The molecule has 0 atom stereocenters. The maximum atomic E-state index is 5.82. The molecule has 0 saturated carbocycles. The highest BCUT2D eigenvalue weighted by atomic mass is 127. The van der Waals surface area contributed by atoms with E-state index in [1.807, 2.05) is 18.3 Å². The fraction of sp³-hybridized carbons (Fsp3) is 0.684. The molecule has 0 spiro atoms. The summed E-state index contributed by atoms with van der Waals surface area (Å²) >= 11 is 5.82. The Kier molecular flexibility index (Phi) is 12.2. The minimum Gasteiger partial charge on any atom is -0.357 e. The molecule has 1 aromatic rings. The van der Waals surface area contributed by atoms with Gasteiger partial charge in [0.25, 0.3) is 0 Å². The van der Waals surface area contributed by atoms with Crippen LogP contribution >= 0.6 is 35.6 Å². The van der Waals surface area contributed by atoms with Crippen molar-refractivity contribution in [3.05, 3.63) is 29.0 Å². The summed E-state index contributed by atoms with van der Waals surface area (Å²) in [5.41, 5.74) is 1.18. The number of pyridine rings is 1. The summed E-state index contributed by atoms with van der Waals surface area (Å²) in [4.78, 5) is 11.4. The Bertz CT molecular complexity index is 515. The maximum absolute atomic E-state index is 5.82. The lowest BCUT2D eigenvalue weighted by molar-refractivity contribution is 0.188. The first kappa shape index (κ1) is 23.4. The molecule has 1 aliphatic rings. The zero-order chi connectivity index (χ0) is 17.9. The van der Waals surface area contributed by atoms with Crippen LogP contribution in [0.15, 0.2) is 23.3 Å². The average molecular weight is 494 g/mol. The number of aliphatic imine (C=N–C) groups is 1. The monoisotopic (exact) mass is 493 g/mol. The number of nitrogens with one attached hydrogen (secondary N) is 2. The van der Waals surface area contributed by atoms with Crippen LogP contribution in [-0.2, 0) is 6.42 Å².